The van der Waals surface area contributed by atoms with E-state index in [4.69, 9.17) is 0 Å². The van der Waals surface area contributed by atoms with Crippen LogP contribution in [0, 0.1) is 6.92 Å². The second-order valence-electron chi connectivity index (χ2n) is 4.52. The number of hydrogen-bond acceptors (Lipinski definition) is 3. The number of aromatic hydroxyl groups is 1. The highest BCUT2D eigenvalue weighted by atomic mass is 32.1. The SMILES string of the molecule is CCc1ccc(C(C)Nc2ccc(O)cc2C)s1. The van der Waals surface area contributed by atoms with Gasteiger partial charge in [0, 0.05) is 15.4 Å². The lowest BCUT2D eigenvalue weighted by Crippen LogP contribution is -2.05. The number of phenols is 1. The Balaban J connectivity index is 2.13. The molecule has 0 aliphatic heterocycles. The molecule has 1 aromatic heterocycles. The summed E-state index contributed by atoms with van der Waals surface area (Å²) in [5, 5.41) is 12.9. The number of thiophene rings is 1. The van der Waals surface area contributed by atoms with Crippen LogP contribution >= 0.6 is 11.3 Å². The summed E-state index contributed by atoms with van der Waals surface area (Å²) in [6, 6.07) is 10.1. The summed E-state index contributed by atoms with van der Waals surface area (Å²) in [5.74, 6) is 0.315. The molecule has 1 unspecified atom stereocenters. The Hall–Kier alpha value is -1.48. The van der Waals surface area contributed by atoms with E-state index in [9.17, 15) is 5.11 Å². The van der Waals surface area contributed by atoms with Gasteiger partial charge in [0.05, 0.1) is 6.04 Å². The van der Waals surface area contributed by atoms with Gasteiger partial charge in [-0.3, -0.25) is 0 Å². The third kappa shape index (κ3) is 2.85. The summed E-state index contributed by atoms with van der Waals surface area (Å²) in [5.41, 5.74) is 2.14. The van der Waals surface area contributed by atoms with E-state index in [1.807, 2.05) is 24.3 Å². The quantitative estimate of drug-likeness (QED) is 0.794. The van der Waals surface area contributed by atoms with Gasteiger partial charge >= 0.3 is 0 Å². The van der Waals surface area contributed by atoms with Crippen molar-refractivity contribution in [2.75, 3.05) is 5.32 Å². The molecule has 3 heteroatoms. The van der Waals surface area contributed by atoms with Crippen LogP contribution in [0.15, 0.2) is 30.3 Å². The zero-order chi connectivity index (χ0) is 13.1. The van der Waals surface area contributed by atoms with E-state index in [1.165, 1.54) is 9.75 Å². The van der Waals surface area contributed by atoms with Crippen molar-refractivity contribution >= 4 is 17.0 Å². The molecule has 18 heavy (non-hydrogen) atoms. The summed E-state index contributed by atoms with van der Waals surface area (Å²) in [7, 11) is 0. The molecular formula is C15H19NOS. The second kappa shape index (κ2) is 5.44. The van der Waals surface area contributed by atoms with Crippen molar-refractivity contribution in [3.63, 3.8) is 0 Å². The Morgan fingerprint density at radius 3 is 2.67 bits per heavy atom. The van der Waals surface area contributed by atoms with Crippen molar-refractivity contribution in [3.05, 3.63) is 45.6 Å². The third-order valence-electron chi connectivity index (χ3n) is 3.04. The number of benzene rings is 1. The number of phenolic OH excluding ortho intramolecular Hbond substituents is 1. The van der Waals surface area contributed by atoms with Gasteiger partial charge in [0.2, 0.25) is 0 Å². The Kier molecular flexibility index (Phi) is 3.92. The highest BCUT2D eigenvalue weighted by molar-refractivity contribution is 7.12. The summed E-state index contributed by atoms with van der Waals surface area (Å²) in [4.78, 5) is 2.76. The molecule has 0 saturated carbocycles. The summed E-state index contributed by atoms with van der Waals surface area (Å²) in [6.45, 7) is 6.34. The normalized spacial score (nSPS) is 12.4. The maximum absolute atomic E-state index is 9.40. The largest absolute Gasteiger partial charge is 0.508 e. The molecule has 2 aromatic rings. The Morgan fingerprint density at radius 2 is 2.06 bits per heavy atom. The molecule has 0 aliphatic rings. The fraction of sp³-hybridized carbons (Fsp3) is 0.333. The van der Waals surface area contributed by atoms with Crippen LogP contribution < -0.4 is 5.32 Å². The van der Waals surface area contributed by atoms with E-state index in [-0.39, 0.29) is 0 Å². The fourth-order valence-electron chi connectivity index (χ4n) is 1.93. The Bertz CT molecular complexity index is 533. The van der Waals surface area contributed by atoms with E-state index in [0.29, 0.717) is 11.8 Å². The van der Waals surface area contributed by atoms with Gasteiger partial charge in [0.1, 0.15) is 5.75 Å². The molecule has 0 bridgehead atoms. The lowest BCUT2D eigenvalue weighted by atomic mass is 10.1. The molecule has 1 heterocycles. The molecule has 2 N–H and O–H groups in total. The van der Waals surface area contributed by atoms with Crippen molar-refractivity contribution in [2.24, 2.45) is 0 Å². The monoisotopic (exact) mass is 261 g/mol. The molecule has 0 aliphatic carbocycles. The van der Waals surface area contributed by atoms with Crippen molar-refractivity contribution < 1.29 is 5.11 Å². The first kappa shape index (κ1) is 13.0. The first-order chi connectivity index (χ1) is 8.60. The molecule has 2 nitrogen and oxygen atoms in total. The predicted molar refractivity (Wildman–Crippen MR) is 78.6 cm³/mol. The van der Waals surface area contributed by atoms with Gasteiger partial charge in [-0.1, -0.05) is 6.92 Å². The summed E-state index contributed by atoms with van der Waals surface area (Å²) in [6.07, 6.45) is 1.09. The Morgan fingerprint density at radius 1 is 1.28 bits per heavy atom. The number of nitrogens with one attached hydrogen (secondary N) is 1. The van der Waals surface area contributed by atoms with Gasteiger partial charge in [-0.15, -0.1) is 11.3 Å². The molecule has 0 fully saturated rings. The van der Waals surface area contributed by atoms with Gasteiger partial charge in [-0.05, 0) is 56.2 Å². The molecule has 1 aromatic carbocycles. The first-order valence-electron chi connectivity index (χ1n) is 6.25. The molecule has 2 rings (SSSR count). The number of anilines is 1. The van der Waals surface area contributed by atoms with Gasteiger partial charge in [-0.25, -0.2) is 0 Å². The minimum Gasteiger partial charge on any atom is -0.508 e. The average Bonchev–Trinajstić information content (AvgIpc) is 2.81. The van der Waals surface area contributed by atoms with E-state index < -0.39 is 0 Å². The topological polar surface area (TPSA) is 32.3 Å². The average molecular weight is 261 g/mol. The minimum atomic E-state index is 0.290. The maximum Gasteiger partial charge on any atom is 0.115 e. The van der Waals surface area contributed by atoms with Gasteiger partial charge in [-0.2, -0.15) is 0 Å². The molecule has 1 atom stereocenters. The fourth-order valence-corrected chi connectivity index (χ4v) is 2.89. The molecule has 0 radical (unpaired) electrons. The summed E-state index contributed by atoms with van der Waals surface area (Å²) >= 11 is 1.86. The maximum atomic E-state index is 9.40. The van der Waals surface area contributed by atoms with Crippen molar-refractivity contribution in [1.29, 1.82) is 0 Å². The lowest BCUT2D eigenvalue weighted by molar-refractivity contribution is 0.475. The van der Waals surface area contributed by atoms with E-state index >= 15 is 0 Å². The molecule has 96 valence electrons. The zero-order valence-electron chi connectivity index (χ0n) is 11.0. The smallest absolute Gasteiger partial charge is 0.115 e. The predicted octanol–water partition coefficient (Wildman–Crippen LogP) is 4.50. The molecular weight excluding hydrogens is 242 g/mol. The minimum absolute atomic E-state index is 0.290. The van der Waals surface area contributed by atoms with Crippen molar-refractivity contribution in [3.8, 4) is 5.75 Å². The van der Waals surface area contributed by atoms with Crippen LogP contribution in [0.1, 0.15) is 35.2 Å². The van der Waals surface area contributed by atoms with Crippen LogP contribution in [0.5, 0.6) is 5.75 Å². The third-order valence-corrected chi connectivity index (χ3v) is 4.45. The van der Waals surface area contributed by atoms with Crippen LogP contribution in [0.25, 0.3) is 0 Å². The van der Waals surface area contributed by atoms with Crippen molar-refractivity contribution in [1.82, 2.24) is 0 Å². The van der Waals surface area contributed by atoms with Crippen LogP contribution in [-0.2, 0) is 6.42 Å². The van der Waals surface area contributed by atoms with Crippen LogP contribution in [0.3, 0.4) is 0 Å². The summed E-state index contributed by atoms with van der Waals surface area (Å²) < 4.78 is 0. The Labute approximate surface area is 112 Å². The van der Waals surface area contributed by atoms with Crippen LogP contribution in [-0.4, -0.2) is 5.11 Å². The highest BCUT2D eigenvalue weighted by Crippen LogP contribution is 2.28. The first-order valence-corrected chi connectivity index (χ1v) is 7.06. The van der Waals surface area contributed by atoms with Crippen molar-refractivity contribution in [2.45, 2.75) is 33.2 Å². The van der Waals surface area contributed by atoms with E-state index in [1.54, 1.807) is 12.1 Å². The number of rotatable bonds is 4. The zero-order valence-corrected chi connectivity index (χ0v) is 11.8. The lowest BCUT2D eigenvalue weighted by Gasteiger charge is -2.16. The van der Waals surface area contributed by atoms with Gasteiger partial charge in [0.15, 0.2) is 0 Å². The van der Waals surface area contributed by atoms with Gasteiger partial charge < -0.3 is 10.4 Å². The molecule has 0 amide bonds. The number of aryl methyl sites for hydroxylation is 2. The molecule has 0 saturated heterocycles. The second-order valence-corrected chi connectivity index (χ2v) is 5.72. The van der Waals surface area contributed by atoms with Crippen LogP contribution in [0.4, 0.5) is 5.69 Å². The van der Waals surface area contributed by atoms with Gasteiger partial charge in [0.25, 0.3) is 0 Å². The standard InChI is InChI=1S/C15H19NOS/c1-4-13-6-8-15(18-13)11(3)16-14-7-5-12(17)9-10(14)2/h5-9,11,16-17H,4H2,1-3H3. The highest BCUT2D eigenvalue weighted by Gasteiger charge is 2.09. The van der Waals surface area contributed by atoms with E-state index in [0.717, 1.165) is 17.7 Å². The van der Waals surface area contributed by atoms with Crippen LogP contribution in [0.2, 0.25) is 0 Å². The number of hydrogen-bond donors (Lipinski definition) is 2. The van der Waals surface area contributed by atoms with E-state index in [2.05, 4.69) is 31.3 Å². The molecule has 0 spiro atoms.